The molecule has 4 rings (SSSR count). The lowest BCUT2D eigenvalue weighted by molar-refractivity contribution is -0.141. The largest absolute Gasteiger partial charge is 0.497 e. The van der Waals surface area contributed by atoms with E-state index in [4.69, 9.17) is 4.74 Å². The van der Waals surface area contributed by atoms with Gasteiger partial charge in [0.05, 0.1) is 19.4 Å². The zero-order chi connectivity index (χ0) is 22.5. The van der Waals surface area contributed by atoms with Gasteiger partial charge in [-0.2, -0.15) is 0 Å². The monoisotopic (exact) mass is 453 g/mol. The van der Waals surface area contributed by atoms with Crippen molar-refractivity contribution in [3.63, 3.8) is 0 Å². The maximum atomic E-state index is 13.2. The Kier molecular flexibility index (Phi) is 6.99. The van der Waals surface area contributed by atoms with E-state index in [1.165, 1.54) is 0 Å². The molecule has 0 saturated carbocycles. The van der Waals surface area contributed by atoms with Gasteiger partial charge in [0.25, 0.3) is 5.91 Å². The lowest BCUT2D eigenvalue weighted by atomic mass is 10.1. The third-order valence-corrected chi connectivity index (χ3v) is 6.89. The fraction of sp³-hybridized carbons (Fsp3) is 0.375. The standard InChI is InChI=1S/C24H27N3O4S/c1-31-20-9-5-6-18(14-20)15-22(28)25-10-12-26(13-11-25)24(30)21-16-32-17-27(21)23(29)19-7-3-2-4-8-19/h2-9,14,21H,10-13,15-17H2,1H3. The Labute approximate surface area is 192 Å². The van der Waals surface area contributed by atoms with Crippen molar-refractivity contribution >= 4 is 29.5 Å². The molecular formula is C24H27N3O4S. The number of carbonyl (C=O) groups is 3. The molecule has 2 fully saturated rings. The lowest BCUT2D eigenvalue weighted by Crippen LogP contribution is -2.56. The van der Waals surface area contributed by atoms with Crippen LogP contribution in [0.1, 0.15) is 15.9 Å². The van der Waals surface area contributed by atoms with Gasteiger partial charge in [0, 0.05) is 37.5 Å². The van der Waals surface area contributed by atoms with Crippen LogP contribution >= 0.6 is 11.8 Å². The first-order chi connectivity index (χ1) is 15.6. The van der Waals surface area contributed by atoms with Crippen molar-refractivity contribution in [3.8, 4) is 5.75 Å². The van der Waals surface area contributed by atoms with E-state index in [0.717, 1.165) is 11.3 Å². The second-order valence-electron chi connectivity index (χ2n) is 7.89. The summed E-state index contributed by atoms with van der Waals surface area (Å²) in [6.45, 7) is 1.97. The van der Waals surface area contributed by atoms with E-state index in [2.05, 4.69) is 0 Å². The van der Waals surface area contributed by atoms with Crippen LogP contribution < -0.4 is 4.74 Å². The first-order valence-corrected chi connectivity index (χ1v) is 11.9. The molecule has 3 amide bonds. The Morgan fingerprint density at radius 1 is 0.969 bits per heavy atom. The van der Waals surface area contributed by atoms with Crippen LogP contribution in [0.2, 0.25) is 0 Å². The highest BCUT2D eigenvalue weighted by Crippen LogP contribution is 2.25. The predicted molar refractivity (Wildman–Crippen MR) is 124 cm³/mol. The third kappa shape index (κ3) is 4.91. The number of piperazine rings is 1. The minimum atomic E-state index is -0.452. The van der Waals surface area contributed by atoms with E-state index in [9.17, 15) is 14.4 Å². The van der Waals surface area contributed by atoms with Crippen LogP contribution in [0.25, 0.3) is 0 Å². The molecule has 1 atom stereocenters. The lowest BCUT2D eigenvalue weighted by Gasteiger charge is -2.37. The van der Waals surface area contributed by atoms with Crippen LogP contribution in [0.3, 0.4) is 0 Å². The van der Waals surface area contributed by atoms with E-state index < -0.39 is 6.04 Å². The molecule has 168 valence electrons. The summed E-state index contributed by atoms with van der Waals surface area (Å²) in [7, 11) is 1.61. The number of rotatable bonds is 5. The summed E-state index contributed by atoms with van der Waals surface area (Å²) in [5, 5.41) is 0. The van der Waals surface area contributed by atoms with Crippen LogP contribution in [-0.4, -0.2) is 83.4 Å². The minimum absolute atomic E-state index is 0.0285. The molecule has 0 aliphatic carbocycles. The SMILES string of the molecule is COc1cccc(CC(=O)N2CCN(C(=O)C3CSCN3C(=O)c3ccccc3)CC2)c1. The number of ether oxygens (including phenoxy) is 1. The minimum Gasteiger partial charge on any atom is -0.497 e. The number of thioether (sulfide) groups is 1. The van der Waals surface area contributed by atoms with Crippen molar-refractivity contribution in [3.05, 3.63) is 65.7 Å². The second kappa shape index (κ2) is 10.1. The summed E-state index contributed by atoms with van der Waals surface area (Å²) >= 11 is 1.60. The first-order valence-electron chi connectivity index (χ1n) is 10.7. The topological polar surface area (TPSA) is 70.2 Å². The van der Waals surface area contributed by atoms with Crippen LogP contribution in [-0.2, 0) is 16.0 Å². The number of hydrogen-bond donors (Lipinski definition) is 0. The van der Waals surface area contributed by atoms with Crippen molar-refractivity contribution < 1.29 is 19.1 Å². The summed E-state index contributed by atoms with van der Waals surface area (Å²) in [5.74, 6) is 1.76. The predicted octanol–water partition coefficient (Wildman–Crippen LogP) is 2.12. The number of benzene rings is 2. The molecule has 2 aliphatic rings. The highest BCUT2D eigenvalue weighted by atomic mass is 32.2. The van der Waals surface area contributed by atoms with Gasteiger partial charge in [-0.25, -0.2) is 0 Å². The van der Waals surface area contributed by atoms with Crippen LogP contribution in [0.4, 0.5) is 0 Å². The molecule has 0 N–H and O–H groups in total. The van der Waals surface area contributed by atoms with Gasteiger partial charge in [0.15, 0.2) is 0 Å². The Balaban J connectivity index is 1.32. The van der Waals surface area contributed by atoms with Gasteiger partial charge in [-0.1, -0.05) is 30.3 Å². The Morgan fingerprint density at radius 3 is 2.41 bits per heavy atom. The van der Waals surface area contributed by atoms with Gasteiger partial charge in [-0.3, -0.25) is 14.4 Å². The van der Waals surface area contributed by atoms with Crippen molar-refractivity contribution in [2.75, 3.05) is 44.9 Å². The number of hydrogen-bond acceptors (Lipinski definition) is 5. The van der Waals surface area contributed by atoms with Crippen molar-refractivity contribution in [2.24, 2.45) is 0 Å². The number of nitrogens with zero attached hydrogens (tertiary/aromatic N) is 3. The van der Waals surface area contributed by atoms with Crippen LogP contribution in [0, 0.1) is 0 Å². The summed E-state index contributed by atoms with van der Waals surface area (Å²) < 4.78 is 5.23. The summed E-state index contributed by atoms with van der Waals surface area (Å²) in [6.07, 6.45) is 0.309. The molecule has 1 unspecified atom stereocenters. The highest BCUT2D eigenvalue weighted by molar-refractivity contribution is 7.99. The zero-order valence-electron chi connectivity index (χ0n) is 18.1. The Bertz CT molecular complexity index is 976. The van der Waals surface area contributed by atoms with Crippen LogP contribution in [0.15, 0.2) is 54.6 Å². The van der Waals surface area contributed by atoms with Gasteiger partial charge in [0.1, 0.15) is 11.8 Å². The van der Waals surface area contributed by atoms with Crippen molar-refractivity contribution in [1.82, 2.24) is 14.7 Å². The van der Waals surface area contributed by atoms with E-state index in [-0.39, 0.29) is 17.7 Å². The Morgan fingerprint density at radius 2 is 1.69 bits per heavy atom. The molecule has 0 aromatic heterocycles. The smallest absolute Gasteiger partial charge is 0.255 e. The van der Waals surface area contributed by atoms with Gasteiger partial charge < -0.3 is 19.4 Å². The molecular weight excluding hydrogens is 426 g/mol. The van der Waals surface area contributed by atoms with Gasteiger partial charge in [-0.15, -0.1) is 11.8 Å². The average molecular weight is 454 g/mol. The zero-order valence-corrected chi connectivity index (χ0v) is 18.9. The summed E-state index contributed by atoms with van der Waals surface area (Å²) in [5.41, 5.74) is 1.51. The number of amides is 3. The third-order valence-electron chi connectivity index (χ3n) is 5.88. The number of carbonyl (C=O) groups excluding carboxylic acids is 3. The average Bonchev–Trinajstić information content (AvgIpc) is 3.34. The molecule has 2 aliphatic heterocycles. The molecule has 2 saturated heterocycles. The summed E-state index contributed by atoms with van der Waals surface area (Å²) in [4.78, 5) is 44.1. The van der Waals surface area contributed by atoms with E-state index in [0.29, 0.717) is 49.8 Å². The van der Waals surface area contributed by atoms with Gasteiger partial charge in [-0.05, 0) is 29.8 Å². The molecule has 2 aromatic rings. The van der Waals surface area contributed by atoms with E-state index in [1.54, 1.807) is 45.7 Å². The van der Waals surface area contributed by atoms with Gasteiger partial charge in [0.2, 0.25) is 11.8 Å². The molecule has 0 bridgehead atoms. The molecule has 7 nitrogen and oxygen atoms in total. The summed E-state index contributed by atoms with van der Waals surface area (Å²) in [6, 6.07) is 16.1. The molecule has 0 spiro atoms. The van der Waals surface area contributed by atoms with Gasteiger partial charge >= 0.3 is 0 Å². The fourth-order valence-corrected chi connectivity index (χ4v) is 5.19. The van der Waals surface area contributed by atoms with E-state index >= 15 is 0 Å². The highest BCUT2D eigenvalue weighted by Gasteiger charge is 2.38. The normalized spacial score (nSPS) is 18.5. The van der Waals surface area contributed by atoms with Crippen LogP contribution in [0.5, 0.6) is 5.75 Å². The van der Waals surface area contributed by atoms with Crippen molar-refractivity contribution in [2.45, 2.75) is 12.5 Å². The Hall–Kier alpha value is -3.00. The first kappa shape index (κ1) is 22.2. The maximum Gasteiger partial charge on any atom is 0.255 e. The maximum absolute atomic E-state index is 13.2. The molecule has 8 heteroatoms. The quantitative estimate of drug-likeness (QED) is 0.694. The molecule has 0 radical (unpaired) electrons. The second-order valence-corrected chi connectivity index (χ2v) is 8.89. The molecule has 2 heterocycles. The van der Waals surface area contributed by atoms with E-state index in [1.807, 2.05) is 42.5 Å². The molecule has 32 heavy (non-hydrogen) atoms. The fourth-order valence-electron chi connectivity index (χ4n) is 4.05. The van der Waals surface area contributed by atoms with Crippen molar-refractivity contribution in [1.29, 1.82) is 0 Å². The molecule has 2 aromatic carbocycles. The number of methoxy groups -OCH3 is 1.